The van der Waals surface area contributed by atoms with Crippen LogP contribution in [-0.2, 0) is 4.79 Å². The van der Waals surface area contributed by atoms with Crippen molar-refractivity contribution in [1.82, 2.24) is 4.90 Å². The van der Waals surface area contributed by atoms with Crippen LogP contribution in [0.2, 0.25) is 0 Å². The second kappa shape index (κ2) is 5.67. The highest BCUT2D eigenvalue weighted by molar-refractivity contribution is 5.84. The van der Waals surface area contributed by atoms with E-state index in [0.29, 0.717) is 25.3 Å². The van der Waals surface area contributed by atoms with Gasteiger partial charge in [0.1, 0.15) is 11.5 Å². The number of likely N-dealkylation sites (tertiary alicyclic amines) is 1. The van der Waals surface area contributed by atoms with Crippen LogP contribution >= 0.6 is 0 Å². The molecule has 1 amide bonds. The molecule has 4 heteroatoms. The lowest BCUT2D eigenvalue weighted by Gasteiger charge is -2.30. The molecule has 1 aromatic carbocycles. The number of piperidine rings is 1. The average molecular weight is 247 g/mol. The zero-order valence-electron chi connectivity index (χ0n) is 10.5. The Labute approximate surface area is 107 Å². The van der Waals surface area contributed by atoms with Gasteiger partial charge < -0.3 is 9.64 Å². The number of carbonyl (C=O) groups is 2. The molecule has 18 heavy (non-hydrogen) atoms. The molecule has 4 nitrogen and oxygen atoms in total. The molecule has 1 unspecified atom stereocenters. The Morgan fingerprint density at radius 2 is 2.11 bits per heavy atom. The van der Waals surface area contributed by atoms with E-state index < -0.39 is 0 Å². The number of carbonyl (C=O) groups excluding carboxylic acids is 2. The molecule has 0 bridgehead atoms. The van der Waals surface area contributed by atoms with Crippen molar-refractivity contribution in [1.29, 1.82) is 0 Å². The second-order valence-electron chi connectivity index (χ2n) is 4.45. The van der Waals surface area contributed by atoms with Gasteiger partial charge in [0.2, 0.25) is 0 Å². The summed E-state index contributed by atoms with van der Waals surface area (Å²) in [5.74, 6) is 0.746. The van der Waals surface area contributed by atoms with Crippen LogP contribution in [-0.4, -0.2) is 29.9 Å². The summed E-state index contributed by atoms with van der Waals surface area (Å²) in [6.45, 7) is 2.90. The van der Waals surface area contributed by atoms with Crippen LogP contribution in [0, 0.1) is 5.92 Å². The minimum Gasteiger partial charge on any atom is -0.410 e. The number of rotatable bonds is 2. The zero-order chi connectivity index (χ0) is 13.0. The van der Waals surface area contributed by atoms with Crippen molar-refractivity contribution in [3.8, 4) is 5.75 Å². The van der Waals surface area contributed by atoms with E-state index in [2.05, 4.69) is 0 Å². The molecule has 1 aromatic rings. The fraction of sp³-hybridized carbons (Fsp3) is 0.429. The van der Waals surface area contributed by atoms with Crippen molar-refractivity contribution in [2.45, 2.75) is 19.8 Å². The van der Waals surface area contributed by atoms with Gasteiger partial charge in [-0.25, -0.2) is 4.79 Å². The zero-order valence-corrected chi connectivity index (χ0v) is 10.5. The van der Waals surface area contributed by atoms with Gasteiger partial charge in [0.25, 0.3) is 0 Å². The van der Waals surface area contributed by atoms with Crippen LogP contribution in [0.3, 0.4) is 0 Å². The Kier molecular flexibility index (Phi) is 3.97. The molecule has 0 spiro atoms. The Morgan fingerprint density at radius 3 is 2.78 bits per heavy atom. The SMILES string of the molecule is CCC1CN(C(=O)Oc2ccccc2)CCC1=O. The van der Waals surface area contributed by atoms with E-state index in [-0.39, 0.29) is 17.8 Å². The summed E-state index contributed by atoms with van der Waals surface area (Å²) in [5.41, 5.74) is 0. The maximum absolute atomic E-state index is 11.9. The normalized spacial score (nSPS) is 19.7. The van der Waals surface area contributed by atoms with Gasteiger partial charge >= 0.3 is 6.09 Å². The number of nitrogens with zero attached hydrogens (tertiary/aromatic N) is 1. The van der Waals surface area contributed by atoms with Crippen molar-refractivity contribution in [3.63, 3.8) is 0 Å². The molecule has 2 rings (SSSR count). The van der Waals surface area contributed by atoms with Crippen molar-refractivity contribution < 1.29 is 14.3 Å². The van der Waals surface area contributed by atoms with Gasteiger partial charge in [-0.15, -0.1) is 0 Å². The molecule has 96 valence electrons. The van der Waals surface area contributed by atoms with E-state index in [9.17, 15) is 9.59 Å². The Hall–Kier alpha value is -1.84. The van der Waals surface area contributed by atoms with Crippen LogP contribution in [0.5, 0.6) is 5.75 Å². The fourth-order valence-electron chi connectivity index (χ4n) is 2.08. The van der Waals surface area contributed by atoms with Crippen molar-refractivity contribution >= 4 is 11.9 Å². The molecule has 0 radical (unpaired) electrons. The molecular formula is C14H17NO3. The van der Waals surface area contributed by atoms with Gasteiger partial charge in [0, 0.05) is 25.4 Å². The van der Waals surface area contributed by atoms with E-state index in [1.54, 1.807) is 17.0 Å². The quantitative estimate of drug-likeness (QED) is 0.806. The minimum absolute atomic E-state index is 0.0397. The van der Waals surface area contributed by atoms with Crippen LogP contribution in [0.25, 0.3) is 0 Å². The lowest BCUT2D eigenvalue weighted by Crippen LogP contribution is -2.45. The first-order valence-electron chi connectivity index (χ1n) is 6.25. The third-order valence-electron chi connectivity index (χ3n) is 3.22. The molecule has 0 N–H and O–H groups in total. The molecule has 0 aromatic heterocycles. The summed E-state index contributed by atoms with van der Waals surface area (Å²) in [5, 5.41) is 0. The summed E-state index contributed by atoms with van der Waals surface area (Å²) in [6, 6.07) is 8.98. The second-order valence-corrected chi connectivity index (χ2v) is 4.45. The summed E-state index contributed by atoms with van der Waals surface area (Å²) >= 11 is 0. The number of hydrogen-bond donors (Lipinski definition) is 0. The standard InChI is InChI=1S/C14H17NO3/c1-2-11-10-15(9-8-13(11)16)14(17)18-12-6-4-3-5-7-12/h3-7,11H,2,8-10H2,1H3. The number of benzene rings is 1. The molecule has 1 aliphatic rings. The largest absolute Gasteiger partial charge is 0.415 e. The van der Waals surface area contributed by atoms with Crippen LogP contribution in [0.4, 0.5) is 4.79 Å². The van der Waals surface area contributed by atoms with E-state index in [4.69, 9.17) is 4.74 Å². The summed E-state index contributed by atoms with van der Waals surface area (Å²) in [6.07, 6.45) is 0.836. The minimum atomic E-state index is -0.368. The van der Waals surface area contributed by atoms with E-state index >= 15 is 0 Å². The number of amides is 1. The van der Waals surface area contributed by atoms with Gasteiger partial charge in [-0.2, -0.15) is 0 Å². The number of para-hydroxylation sites is 1. The molecule has 1 heterocycles. The molecular weight excluding hydrogens is 230 g/mol. The smallest absolute Gasteiger partial charge is 0.410 e. The summed E-state index contributed by atoms with van der Waals surface area (Å²) < 4.78 is 5.26. The van der Waals surface area contributed by atoms with Crippen LogP contribution in [0.1, 0.15) is 19.8 Å². The Morgan fingerprint density at radius 1 is 1.39 bits per heavy atom. The summed E-state index contributed by atoms with van der Waals surface area (Å²) in [7, 11) is 0. The van der Waals surface area contributed by atoms with Crippen LogP contribution < -0.4 is 4.74 Å². The number of ketones is 1. The topological polar surface area (TPSA) is 46.6 Å². The van der Waals surface area contributed by atoms with Crippen molar-refractivity contribution in [3.05, 3.63) is 30.3 Å². The molecule has 0 saturated carbocycles. The predicted molar refractivity (Wildman–Crippen MR) is 67.4 cm³/mol. The highest BCUT2D eigenvalue weighted by Crippen LogP contribution is 2.18. The molecule has 1 fully saturated rings. The van der Waals surface area contributed by atoms with Gasteiger partial charge in [0.15, 0.2) is 0 Å². The first-order valence-corrected chi connectivity index (χ1v) is 6.25. The third kappa shape index (κ3) is 2.88. The van der Waals surface area contributed by atoms with E-state index in [1.807, 2.05) is 25.1 Å². The molecule has 1 aliphatic heterocycles. The monoisotopic (exact) mass is 247 g/mol. The Bertz CT molecular complexity index is 430. The molecule has 0 aliphatic carbocycles. The number of hydrogen-bond acceptors (Lipinski definition) is 3. The van der Waals surface area contributed by atoms with Gasteiger partial charge in [0.05, 0.1) is 0 Å². The van der Waals surface area contributed by atoms with Crippen molar-refractivity contribution in [2.24, 2.45) is 5.92 Å². The first kappa shape index (κ1) is 12.6. The van der Waals surface area contributed by atoms with Gasteiger partial charge in [-0.1, -0.05) is 25.1 Å². The number of Topliss-reactive ketones (excluding diaryl/α,β-unsaturated/α-hetero) is 1. The maximum Gasteiger partial charge on any atom is 0.415 e. The maximum atomic E-state index is 11.9. The average Bonchev–Trinajstić information content (AvgIpc) is 2.40. The fourth-order valence-corrected chi connectivity index (χ4v) is 2.08. The van der Waals surface area contributed by atoms with Gasteiger partial charge in [-0.3, -0.25) is 4.79 Å². The summed E-state index contributed by atoms with van der Waals surface area (Å²) in [4.78, 5) is 25.1. The predicted octanol–water partition coefficient (Wildman–Crippen LogP) is 2.49. The van der Waals surface area contributed by atoms with E-state index in [0.717, 1.165) is 6.42 Å². The first-order chi connectivity index (χ1) is 8.70. The van der Waals surface area contributed by atoms with Crippen LogP contribution in [0.15, 0.2) is 30.3 Å². The van der Waals surface area contributed by atoms with Crippen molar-refractivity contribution in [2.75, 3.05) is 13.1 Å². The van der Waals surface area contributed by atoms with E-state index in [1.165, 1.54) is 0 Å². The lowest BCUT2D eigenvalue weighted by atomic mass is 9.94. The molecule has 1 atom stereocenters. The lowest BCUT2D eigenvalue weighted by molar-refractivity contribution is -0.125. The highest BCUT2D eigenvalue weighted by Gasteiger charge is 2.29. The Balaban J connectivity index is 1.96. The van der Waals surface area contributed by atoms with Gasteiger partial charge in [-0.05, 0) is 18.6 Å². The third-order valence-corrected chi connectivity index (χ3v) is 3.22. The number of ether oxygens (including phenoxy) is 1. The highest BCUT2D eigenvalue weighted by atomic mass is 16.6. The molecule has 1 saturated heterocycles.